The Labute approximate surface area is 134 Å². The van der Waals surface area contributed by atoms with Crippen LogP contribution in [0.3, 0.4) is 0 Å². The van der Waals surface area contributed by atoms with E-state index in [0.717, 1.165) is 37.3 Å². The number of hydrogen-bond acceptors (Lipinski definition) is 5. The van der Waals surface area contributed by atoms with Crippen LogP contribution in [0, 0.1) is 0 Å². The number of aryl methyl sites for hydroxylation is 1. The van der Waals surface area contributed by atoms with E-state index >= 15 is 0 Å². The summed E-state index contributed by atoms with van der Waals surface area (Å²) in [4.78, 5) is 12.5. The summed E-state index contributed by atoms with van der Waals surface area (Å²) in [5.41, 5.74) is 1.86. The Balaban J connectivity index is 1.66. The van der Waals surface area contributed by atoms with Crippen LogP contribution >= 0.6 is 0 Å². The molecule has 0 radical (unpaired) electrons. The number of amides is 1. The number of likely N-dealkylation sites (N-methyl/N-ethyl adjacent to an activating group) is 1. The highest BCUT2D eigenvalue weighted by atomic mass is 16.5. The fourth-order valence-corrected chi connectivity index (χ4v) is 2.86. The predicted molar refractivity (Wildman–Crippen MR) is 85.0 cm³/mol. The third-order valence-corrected chi connectivity index (χ3v) is 4.12. The molecule has 0 aliphatic carbocycles. The number of H-pyrrole nitrogens is 1. The highest BCUT2D eigenvalue weighted by molar-refractivity contribution is 5.94. The van der Waals surface area contributed by atoms with Crippen LogP contribution in [0.5, 0.6) is 0 Å². The van der Waals surface area contributed by atoms with Gasteiger partial charge in [-0.15, -0.1) is 0 Å². The summed E-state index contributed by atoms with van der Waals surface area (Å²) in [6.45, 7) is 1.54. The van der Waals surface area contributed by atoms with E-state index in [2.05, 4.69) is 25.9 Å². The van der Waals surface area contributed by atoms with Crippen LogP contribution < -0.4 is 10.6 Å². The number of anilines is 1. The molecule has 3 rings (SSSR count). The van der Waals surface area contributed by atoms with Gasteiger partial charge in [-0.05, 0) is 19.9 Å². The van der Waals surface area contributed by atoms with Crippen LogP contribution in [0.2, 0.25) is 0 Å². The molecule has 0 bridgehead atoms. The average Bonchev–Trinajstić information content (AvgIpc) is 3.18. The minimum atomic E-state index is -0.466. The van der Waals surface area contributed by atoms with E-state index in [1.807, 2.05) is 19.3 Å². The second-order valence-electron chi connectivity index (χ2n) is 5.75. The second kappa shape index (κ2) is 6.93. The van der Waals surface area contributed by atoms with Gasteiger partial charge in [0.05, 0.1) is 6.20 Å². The van der Waals surface area contributed by atoms with Crippen LogP contribution in [0.25, 0.3) is 0 Å². The molecule has 2 aromatic heterocycles. The van der Waals surface area contributed by atoms with E-state index in [-0.39, 0.29) is 5.91 Å². The van der Waals surface area contributed by atoms with E-state index in [1.165, 1.54) is 0 Å². The van der Waals surface area contributed by atoms with Crippen molar-refractivity contribution in [2.45, 2.75) is 24.8 Å². The molecule has 23 heavy (non-hydrogen) atoms. The minimum absolute atomic E-state index is 0.162. The standard InChI is InChI=1S/C15H22N6O2/c1-16-14(11-8-17-21(2)9-11)15(22)18-13-7-12(19-20-13)10-3-5-23-6-4-10/h7-10,14,16H,3-6H2,1-2H3,(H2,18,19,20,22). The van der Waals surface area contributed by atoms with Gasteiger partial charge < -0.3 is 15.4 Å². The summed E-state index contributed by atoms with van der Waals surface area (Å²) in [5.74, 6) is 0.798. The molecular weight excluding hydrogens is 296 g/mol. The molecule has 2 aromatic rings. The maximum atomic E-state index is 12.5. The highest BCUT2D eigenvalue weighted by Crippen LogP contribution is 2.26. The zero-order chi connectivity index (χ0) is 16.2. The van der Waals surface area contributed by atoms with Crippen LogP contribution in [-0.2, 0) is 16.6 Å². The summed E-state index contributed by atoms with van der Waals surface area (Å²) in [5, 5.41) is 17.2. The lowest BCUT2D eigenvalue weighted by molar-refractivity contribution is -0.118. The maximum absolute atomic E-state index is 12.5. The Bertz CT molecular complexity index is 658. The van der Waals surface area contributed by atoms with Crippen molar-refractivity contribution < 1.29 is 9.53 Å². The van der Waals surface area contributed by atoms with Crippen LogP contribution in [0.15, 0.2) is 18.5 Å². The molecular formula is C15H22N6O2. The zero-order valence-corrected chi connectivity index (χ0v) is 13.4. The molecule has 8 heteroatoms. The van der Waals surface area contributed by atoms with Crippen LogP contribution in [0.1, 0.15) is 36.1 Å². The van der Waals surface area contributed by atoms with E-state index in [1.54, 1.807) is 17.9 Å². The van der Waals surface area contributed by atoms with Gasteiger partial charge in [-0.25, -0.2) is 0 Å². The zero-order valence-electron chi connectivity index (χ0n) is 13.4. The van der Waals surface area contributed by atoms with Gasteiger partial charge in [0.15, 0.2) is 5.82 Å². The number of nitrogens with one attached hydrogen (secondary N) is 3. The summed E-state index contributed by atoms with van der Waals surface area (Å²) >= 11 is 0. The average molecular weight is 318 g/mol. The topological polar surface area (TPSA) is 96.9 Å². The SMILES string of the molecule is CNC(C(=O)Nc1cc(C2CCOCC2)[nH]n1)c1cnn(C)c1. The van der Waals surface area contributed by atoms with Crippen molar-refractivity contribution in [1.82, 2.24) is 25.3 Å². The third-order valence-electron chi connectivity index (χ3n) is 4.12. The Morgan fingerprint density at radius 3 is 2.91 bits per heavy atom. The van der Waals surface area contributed by atoms with Crippen LogP contribution in [-0.4, -0.2) is 46.1 Å². The fraction of sp³-hybridized carbons (Fsp3) is 0.533. The van der Waals surface area contributed by atoms with Gasteiger partial charge in [0.25, 0.3) is 0 Å². The lowest BCUT2D eigenvalue weighted by atomic mass is 9.97. The largest absolute Gasteiger partial charge is 0.381 e. The lowest BCUT2D eigenvalue weighted by Gasteiger charge is -2.20. The number of hydrogen-bond donors (Lipinski definition) is 3. The summed E-state index contributed by atoms with van der Waals surface area (Å²) in [7, 11) is 3.57. The summed E-state index contributed by atoms with van der Waals surface area (Å²) in [6, 6.07) is 1.44. The minimum Gasteiger partial charge on any atom is -0.381 e. The number of carbonyl (C=O) groups is 1. The predicted octanol–water partition coefficient (Wildman–Crippen LogP) is 0.936. The van der Waals surface area contributed by atoms with Gasteiger partial charge in [0, 0.05) is 49.7 Å². The molecule has 1 saturated heterocycles. The molecule has 1 atom stereocenters. The Morgan fingerprint density at radius 2 is 2.26 bits per heavy atom. The number of aromatic nitrogens is 4. The normalized spacial score (nSPS) is 17.1. The molecule has 8 nitrogen and oxygen atoms in total. The number of rotatable bonds is 5. The Morgan fingerprint density at radius 1 is 1.48 bits per heavy atom. The van der Waals surface area contributed by atoms with Crippen molar-refractivity contribution >= 4 is 11.7 Å². The van der Waals surface area contributed by atoms with E-state index in [0.29, 0.717) is 11.7 Å². The second-order valence-corrected chi connectivity index (χ2v) is 5.75. The van der Waals surface area contributed by atoms with E-state index in [9.17, 15) is 4.79 Å². The molecule has 3 heterocycles. The lowest BCUT2D eigenvalue weighted by Crippen LogP contribution is -2.30. The van der Waals surface area contributed by atoms with Gasteiger partial charge in [-0.1, -0.05) is 0 Å². The maximum Gasteiger partial charge on any atom is 0.247 e. The fourth-order valence-electron chi connectivity index (χ4n) is 2.86. The molecule has 1 fully saturated rings. The van der Waals surface area contributed by atoms with Gasteiger partial charge in [-0.3, -0.25) is 14.6 Å². The Kier molecular flexibility index (Phi) is 4.73. The van der Waals surface area contributed by atoms with Gasteiger partial charge >= 0.3 is 0 Å². The van der Waals surface area contributed by atoms with Crippen molar-refractivity contribution in [2.24, 2.45) is 7.05 Å². The molecule has 1 aliphatic rings. The van der Waals surface area contributed by atoms with Crippen molar-refractivity contribution in [3.63, 3.8) is 0 Å². The molecule has 1 unspecified atom stereocenters. The van der Waals surface area contributed by atoms with Crippen molar-refractivity contribution in [1.29, 1.82) is 0 Å². The van der Waals surface area contributed by atoms with Gasteiger partial charge in [-0.2, -0.15) is 10.2 Å². The van der Waals surface area contributed by atoms with Crippen LogP contribution in [0.4, 0.5) is 5.82 Å². The third kappa shape index (κ3) is 3.59. The molecule has 1 amide bonds. The summed E-state index contributed by atoms with van der Waals surface area (Å²) in [6.07, 6.45) is 5.45. The van der Waals surface area contributed by atoms with E-state index in [4.69, 9.17) is 4.74 Å². The molecule has 0 spiro atoms. The molecule has 3 N–H and O–H groups in total. The van der Waals surface area contributed by atoms with Crippen molar-refractivity contribution in [2.75, 3.05) is 25.6 Å². The quantitative estimate of drug-likeness (QED) is 0.762. The first kappa shape index (κ1) is 15.7. The number of aromatic amines is 1. The number of carbonyl (C=O) groups excluding carboxylic acids is 1. The Hall–Kier alpha value is -2.19. The number of ether oxygens (including phenoxy) is 1. The monoisotopic (exact) mass is 318 g/mol. The highest BCUT2D eigenvalue weighted by Gasteiger charge is 2.22. The van der Waals surface area contributed by atoms with Crippen molar-refractivity contribution in [3.05, 3.63) is 29.7 Å². The summed E-state index contributed by atoms with van der Waals surface area (Å²) < 4.78 is 7.04. The molecule has 1 aliphatic heterocycles. The molecule has 0 aromatic carbocycles. The molecule has 0 saturated carbocycles. The first-order valence-corrected chi connectivity index (χ1v) is 7.77. The first-order valence-electron chi connectivity index (χ1n) is 7.77. The van der Waals surface area contributed by atoms with Gasteiger partial charge in [0.1, 0.15) is 6.04 Å². The van der Waals surface area contributed by atoms with Gasteiger partial charge in [0.2, 0.25) is 5.91 Å². The number of nitrogens with zero attached hydrogens (tertiary/aromatic N) is 3. The molecule has 124 valence electrons. The van der Waals surface area contributed by atoms with E-state index < -0.39 is 6.04 Å². The smallest absolute Gasteiger partial charge is 0.247 e. The van der Waals surface area contributed by atoms with Crippen molar-refractivity contribution in [3.8, 4) is 0 Å². The first-order chi connectivity index (χ1) is 11.2.